The summed E-state index contributed by atoms with van der Waals surface area (Å²) in [6.07, 6.45) is 3.32. The van der Waals surface area contributed by atoms with Crippen molar-refractivity contribution in [3.63, 3.8) is 0 Å². The molecule has 1 aromatic heterocycles. The van der Waals surface area contributed by atoms with Crippen LogP contribution in [0, 0.1) is 6.92 Å². The lowest BCUT2D eigenvalue weighted by molar-refractivity contribution is 0.267. The van der Waals surface area contributed by atoms with Gasteiger partial charge in [0.25, 0.3) is 0 Å². The smallest absolute Gasteiger partial charge is 0.159 e. The van der Waals surface area contributed by atoms with Crippen LogP contribution >= 0.6 is 0 Å². The summed E-state index contributed by atoms with van der Waals surface area (Å²) in [7, 11) is 0. The number of aryl methyl sites for hydroxylation is 1. The van der Waals surface area contributed by atoms with E-state index in [1.807, 2.05) is 31.2 Å². The summed E-state index contributed by atoms with van der Waals surface area (Å²) in [6.45, 7) is 1.92. The molecule has 4 nitrogen and oxygen atoms in total. The van der Waals surface area contributed by atoms with Crippen LogP contribution in [0.25, 0.3) is 11.4 Å². The van der Waals surface area contributed by atoms with Crippen molar-refractivity contribution in [3.8, 4) is 11.4 Å². The number of benzene rings is 1. The van der Waals surface area contributed by atoms with Gasteiger partial charge in [-0.15, -0.1) is 0 Å². The molecule has 1 atom stereocenters. The maximum Gasteiger partial charge on any atom is 0.159 e. The highest BCUT2D eigenvalue weighted by molar-refractivity contribution is 5.59. The zero-order valence-corrected chi connectivity index (χ0v) is 9.67. The Hall–Kier alpha value is -1.78. The molecule has 3 N–H and O–H groups in total. The maximum absolute atomic E-state index is 8.94. The molecule has 0 saturated carbocycles. The van der Waals surface area contributed by atoms with E-state index in [2.05, 4.69) is 9.97 Å². The first kappa shape index (κ1) is 11.7. The van der Waals surface area contributed by atoms with Gasteiger partial charge < -0.3 is 10.8 Å². The first-order chi connectivity index (χ1) is 8.22. The number of aromatic nitrogens is 2. The van der Waals surface area contributed by atoms with Gasteiger partial charge >= 0.3 is 0 Å². The Morgan fingerprint density at radius 1 is 1.24 bits per heavy atom. The van der Waals surface area contributed by atoms with Gasteiger partial charge in [-0.2, -0.15) is 0 Å². The largest absolute Gasteiger partial charge is 0.394 e. The number of nitrogens with zero attached hydrogens (tertiary/aromatic N) is 2. The molecule has 0 bridgehead atoms. The minimum Gasteiger partial charge on any atom is -0.394 e. The number of hydrogen-bond donors (Lipinski definition) is 2. The highest BCUT2D eigenvalue weighted by atomic mass is 16.3. The summed E-state index contributed by atoms with van der Waals surface area (Å²) in [5.74, 6) is 0.678. The lowest BCUT2D eigenvalue weighted by Crippen LogP contribution is -2.15. The first-order valence-electron chi connectivity index (χ1n) is 5.46. The predicted molar refractivity (Wildman–Crippen MR) is 66.2 cm³/mol. The molecule has 0 amide bonds. The normalized spacial score (nSPS) is 12.4. The van der Waals surface area contributed by atoms with Gasteiger partial charge in [0.05, 0.1) is 12.6 Å². The number of rotatable bonds is 3. The fourth-order valence-corrected chi connectivity index (χ4v) is 1.60. The molecule has 0 saturated heterocycles. The molecule has 88 valence electrons. The molecule has 17 heavy (non-hydrogen) atoms. The Morgan fingerprint density at radius 3 is 2.47 bits per heavy atom. The molecular weight excluding hydrogens is 214 g/mol. The third-order valence-corrected chi connectivity index (χ3v) is 2.68. The maximum atomic E-state index is 8.94. The Bertz CT molecular complexity index is 496. The van der Waals surface area contributed by atoms with Gasteiger partial charge in [0.15, 0.2) is 5.82 Å². The third-order valence-electron chi connectivity index (χ3n) is 2.68. The molecule has 0 aliphatic heterocycles. The Balaban J connectivity index is 2.33. The molecule has 0 fully saturated rings. The van der Waals surface area contributed by atoms with Crippen molar-refractivity contribution in [2.75, 3.05) is 6.61 Å². The Kier molecular flexibility index (Phi) is 3.46. The van der Waals surface area contributed by atoms with Crippen LogP contribution in [0.5, 0.6) is 0 Å². The second kappa shape index (κ2) is 5.03. The van der Waals surface area contributed by atoms with E-state index in [0.29, 0.717) is 5.82 Å². The van der Waals surface area contributed by atoms with Gasteiger partial charge in [-0.25, -0.2) is 9.97 Å². The highest BCUT2D eigenvalue weighted by Gasteiger charge is 2.07. The number of aliphatic hydroxyl groups is 1. The summed E-state index contributed by atoms with van der Waals surface area (Å²) < 4.78 is 0. The topological polar surface area (TPSA) is 72.0 Å². The van der Waals surface area contributed by atoms with Crippen molar-refractivity contribution in [1.29, 1.82) is 0 Å². The van der Waals surface area contributed by atoms with Gasteiger partial charge in [0, 0.05) is 23.5 Å². The van der Waals surface area contributed by atoms with E-state index in [-0.39, 0.29) is 6.61 Å². The van der Waals surface area contributed by atoms with E-state index in [1.54, 1.807) is 12.4 Å². The lowest BCUT2D eigenvalue weighted by atomic mass is 10.1. The Morgan fingerprint density at radius 2 is 1.88 bits per heavy atom. The fourth-order valence-electron chi connectivity index (χ4n) is 1.60. The van der Waals surface area contributed by atoms with Crippen LogP contribution in [0.2, 0.25) is 0 Å². The summed E-state index contributed by atoms with van der Waals surface area (Å²) >= 11 is 0. The zero-order chi connectivity index (χ0) is 12.3. The van der Waals surface area contributed by atoms with Crippen LogP contribution in [0.3, 0.4) is 0 Å². The molecule has 1 unspecified atom stereocenters. The van der Waals surface area contributed by atoms with Crippen LogP contribution in [0.1, 0.15) is 17.2 Å². The van der Waals surface area contributed by atoms with Crippen molar-refractivity contribution < 1.29 is 5.11 Å². The third kappa shape index (κ3) is 2.49. The number of hydrogen-bond acceptors (Lipinski definition) is 4. The first-order valence-corrected chi connectivity index (χ1v) is 5.46. The van der Waals surface area contributed by atoms with Crippen molar-refractivity contribution in [2.24, 2.45) is 5.73 Å². The quantitative estimate of drug-likeness (QED) is 0.835. The molecule has 0 aliphatic carbocycles. The second-order valence-electron chi connectivity index (χ2n) is 3.94. The van der Waals surface area contributed by atoms with Crippen LogP contribution < -0.4 is 5.73 Å². The predicted octanol–water partition coefficient (Wildman–Crippen LogP) is 1.44. The van der Waals surface area contributed by atoms with E-state index in [9.17, 15) is 0 Å². The fraction of sp³-hybridized carbons (Fsp3) is 0.231. The molecule has 4 heteroatoms. The van der Waals surface area contributed by atoms with Crippen molar-refractivity contribution in [1.82, 2.24) is 9.97 Å². The molecule has 0 radical (unpaired) electrons. The van der Waals surface area contributed by atoms with Gasteiger partial charge in [-0.05, 0) is 12.5 Å². The average molecular weight is 229 g/mol. The van der Waals surface area contributed by atoms with Gasteiger partial charge in [-0.1, -0.05) is 24.3 Å². The number of nitrogens with two attached hydrogens (primary N) is 1. The van der Waals surface area contributed by atoms with Gasteiger partial charge in [0.2, 0.25) is 0 Å². The van der Waals surface area contributed by atoms with Crippen LogP contribution in [0.15, 0.2) is 36.7 Å². The summed E-state index contributed by atoms with van der Waals surface area (Å²) in [6, 6.07) is 7.52. The second-order valence-corrected chi connectivity index (χ2v) is 3.94. The molecule has 1 heterocycles. The van der Waals surface area contributed by atoms with Crippen molar-refractivity contribution in [3.05, 3.63) is 47.8 Å². The average Bonchev–Trinajstić information content (AvgIpc) is 2.39. The number of aliphatic hydroxyl groups excluding tert-OH is 1. The molecule has 2 aromatic rings. The summed E-state index contributed by atoms with van der Waals surface area (Å²) in [4.78, 5) is 8.55. The van der Waals surface area contributed by atoms with Crippen LogP contribution in [-0.2, 0) is 0 Å². The summed E-state index contributed by atoms with van der Waals surface area (Å²) in [5, 5.41) is 8.94. The summed E-state index contributed by atoms with van der Waals surface area (Å²) in [5.41, 5.74) is 8.57. The minimum atomic E-state index is -0.416. The Labute approximate surface area is 100 Å². The molecule has 0 spiro atoms. The minimum absolute atomic E-state index is 0.104. The van der Waals surface area contributed by atoms with E-state index < -0.39 is 6.04 Å². The van der Waals surface area contributed by atoms with Crippen molar-refractivity contribution in [2.45, 2.75) is 13.0 Å². The molecule has 2 rings (SSSR count). The zero-order valence-electron chi connectivity index (χ0n) is 9.67. The standard InChI is InChI=1S/C13H15N3O/c1-9-4-2-3-5-11(9)13-15-6-10(7-16-13)12(14)8-17/h2-7,12,17H,8,14H2,1H3. The van der Waals surface area contributed by atoms with E-state index >= 15 is 0 Å². The van der Waals surface area contributed by atoms with E-state index in [0.717, 1.165) is 16.7 Å². The highest BCUT2D eigenvalue weighted by Crippen LogP contribution is 2.19. The molecule has 0 aliphatic rings. The van der Waals surface area contributed by atoms with Gasteiger partial charge in [-0.3, -0.25) is 0 Å². The molecule has 1 aromatic carbocycles. The van der Waals surface area contributed by atoms with Gasteiger partial charge in [0.1, 0.15) is 0 Å². The van der Waals surface area contributed by atoms with Crippen molar-refractivity contribution >= 4 is 0 Å². The SMILES string of the molecule is Cc1ccccc1-c1ncc(C(N)CO)cn1. The van der Waals surface area contributed by atoms with Crippen LogP contribution in [0.4, 0.5) is 0 Å². The lowest BCUT2D eigenvalue weighted by Gasteiger charge is -2.08. The van der Waals surface area contributed by atoms with E-state index in [1.165, 1.54) is 0 Å². The monoisotopic (exact) mass is 229 g/mol. The van der Waals surface area contributed by atoms with Crippen LogP contribution in [-0.4, -0.2) is 21.7 Å². The van der Waals surface area contributed by atoms with E-state index in [4.69, 9.17) is 10.8 Å². The molecular formula is C13H15N3O.